The van der Waals surface area contributed by atoms with Gasteiger partial charge >= 0.3 is 5.97 Å². The van der Waals surface area contributed by atoms with Crippen LogP contribution in [0.1, 0.15) is 21.5 Å². The van der Waals surface area contributed by atoms with Gasteiger partial charge in [-0.05, 0) is 37.6 Å². The highest BCUT2D eigenvalue weighted by atomic mass is 32.2. The number of amides is 1. The fourth-order valence-corrected chi connectivity index (χ4v) is 3.69. The third kappa shape index (κ3) is 5.11. The second-order valence-corrected chi connectivity index (χ2v) is 8.42. The number of hydrogen-bond acceptors (Lipinski definition) is 7. The Morgan fingerprint density at radius 1 is 1.20 bits per heavy atom. The number of ether oxygens (including phenoxy) is 1. The van der Waals surface area contributed by atoms with Crippen molar-refractivity contribution in [2.75, 3.05) is 29.5 Å². The summed E-state index contributed by atoms with van der Waals surface area (Å²) in [5.74, 6) is -1.27. The molecule has 0 aliphatic rings. The van der Waals surface area contributed by atoms with Crippen LogP contribution in [0, 0.1) is 24.0 Å². The van der Waals surface area contributed by atoms with E-state index < -0.39 is 33.4 Å². The molecule has 0 aliphatic carbocycles. The molecule has 30 heavy (non-hydrogen) atoms. The topological polar surface area (TPSA) is 136 Å². The molecule has 0 saturated carbocycles. The maximum Gasteiger partial charge on any atom is 0.337 e. The minimum Gasteiger partial charge on any atom is -0.465 e. The van der Waals surface area contributed by atoms with Crippen LogP contribution in [-0.4, -0.2) is 45.1 Å². The van der Waals surface area contributed by atoms with Crippen LogP contribution in [0.2, 0.25) is 0 Å². The van der Waals surface area contributed by atoms with Crippen LogP contribution in [-0.2, 0) is 19.6 Å². The lowest BCUT2D eigenvalue weighted by Crippen LogP contribution is -2.38. The summed E-state index contributed by atoms with van der Waals surface area (Å²) in [5, 5.41) is 13.8. The molecule has 0 spiro atoms. The van der Waals surface area contributed by atoms with Gasteiger partial charge in [0.2, 0.25) is 15.9 Å². The quantitative estimate of drug-likeness (QED) is 0.401. The van der Waals surface area contributed by atoms with E-state index in [4.69, 9.17) is 0 Å². The van der Waals surface area contributed by atoms with E-state index in [2.05, 4.69) is 10.1 Å². The number of esters is 1. The molecule has 2 aromatic carbocycles. The van der Waals surface area contributed by atoms with Crippen molar-refractivity contribution in [1.29, 1.82) is 0 Å². The zero-order chi connectivity index (χ0) is 22.6. The van der Waals surface area contributed by atoms with Gasteiger partial charge in [-0.25, -0.2) is 13.2 Å². The minimum atomic E-state index is -3.93. The highest BCUT2D eigenvalue weighted by Crippen LogP contribution is 2.29. The minimum absolute atomic E-state index is 0.0295. The normalized spacial score (nSPS) is 10.9. The molecule has 0 unspecified atom stereocenters. The van der Waals surface area contributed by atoms with E-state index in [0.29, 0.717) is 11.3 Å². The first kappa shape index (κ1) is 22.8. The van der Waals surface area contributed by atoms with Gasteiger partial charge in [-0.2, -0.15) is 0 Å². The molecule has 2 rings (SSSR count). The highest BCUT2D eigenvalue weighted by molar-refractivity contribution is 7.92. The van der Waals surface area contributed by atoms with E-state index in [1.54, 1.807) is 13.0 Å². The summed E-state index contributed by atoms with van der Waals surface area (Å²) in [4.78, 5) is 34.9. The molecule has 0 fully saturated rings. The second-order valence-electron chi connectivity index (χ2n) is 6.52. The zero-order valence-corrected chi connectivity index (χ0v) is 17.6. The maximum atomic E-state index is 12.6. The maximum absolute atomic E-state index is 12.6. The van der Waals surface area contributed by atoms with E-state index >= 15 is 0 Å². The van der Waals surface area contributed by atoms with Crippen LogP contribution < -0.4 is 9.62 Å². The molecular formula is C19H21N3O7S. The number of carbonyl (C=O) groups is 2. The summed E-state index contributed by atoms with van der Waals surface area (Å²) in [6.07, 6.45) is 0.904. The molecule has 0 aliphatic heterocycles. The number of nitro benzene ring substituents is 1. The van der Waals surface area contributed by atoms with Gasteiger partial charge < -0.3 is 10.1 Å². The molecule has 0 heterocycles. The van der Waals surface area contributed by atoms with E-state index in [1.807, 2.05) is 0 Å². The molecule has 11 heteroatoms. The Morgan fingerprint density at radius 2 is 1.87 bits per heavy atom. The smallest absolute Gasteiger partial charge is 0.337 e. The molecular weight excluding hydrogens is 414 g/mol. The number of nitrogens with one attached hydrogen (secondary N) is 1. The predicted octanol–water partition coefficient (Wildman–Crippen LogP) is 2.40. The molecule has 0 aromatic heterocycles. The van der Waals surface area contributed by atoms with Crippen LogP contribution in [0.15, 0.2) is 36.4 Å². The standard InChI is InChI=1S/C19H21N3O7S/c1-12-8-9-14(19(24)29-3)10-15(12)20-18(23)11-21(30(4,27)28)16-6-5-7-17(13(16)2)22(25)26/h5-10H,11H2,1-4H3,(H,20,23). The van der Waals surface area contributed by atoms with Gasteiger partial charge in [0.15, 0.2) is 0 Å². The SMILES string of the molecule is COC(=O)c1ccc(C)c(NC(=O)CN(c2cccc([N+](=O)[O-])c2C)S(C)(=O)=O)c1. The first-order valence-electron chi connectivity index (χ1n) is 8.66. The first-order chi connectivity index (χ1) is 14.0. The van der Waals surface area contributed by atoms with Crippen LogP contribution in [0.25, 0.3) is 0 Å². The Labute approximate surface area is 173 Å². The van der Waals surface area contributed by atoms with Gasteiger partial charge in [0.05, 0.1) is 35.1 Å². The van der Waals surface area contributed by atoms with Crippen LogP contribution in [0.3, 0.4) is 0 Å². The van der Waals surface area contributed by atoms with E-state index in [-0.39, 0.29) is 22.5 Å². The molecule has 1 N–H and O–H groups in total. The molecule has 10 nitrogen and oxygen atoms in total. The fraction of sp³-hybridized carbons (Fsp3) is 0.263. The number of sulfonamides is 1. The summed E-state index contributed by atoms with van der Waals surface area (Å²) < 4.78 is 30.1. The third-order valence-corrected chi connectivity index (χ3v) is 5.49. The lowest BCUT2D eigenvalue weighted by molar-refractivity contribution is -0.385. The summed E-state index contributed by atoms with van der Waals surface area (Å²) in [5.41, 5.74) is 1.06. The molecule has 0 saturated heterocycles. The van der Waals surface area contributed by atoms with Crippen LogP contribution in [0.5, 0.6) is 0 Å². The molecule has 160 valence electrons. The number of aryl methyl sites for hydroxylation is 1. The summed E-state index contributed by atoms with van der Waals surface area (Å²) in [7, 11) is -2.70. The van der Waals surface area contributed by atoms with Gasteiger partial charge in [-0.3, -0.25) is 19.2 Å². The van der Waals surface area contributed by atoms with E-state index in [0.717, 1.165) is 10.6 Å². The van der Waals surface area contributed by atoms with Crippen molar-refractivity contribution in [3.05, 3.63) is 63.2 Å². The average Bonchev–Trinajstić information content (AvgIpc) is 2.66. The fourth-order valence-electron chi connectivity index (χ4n) is 2.78. The number of rotatable bonds is 7. The largest absolute Gasteiger partial charge is 0.465 e. The van der Waals surface area contributed by atoms with Crippen molar-refractivity contribution in [3.8, 4) is 0 Å². The Balaban J connectivity index is 2.36. The number of nitrogens with zero attached hydrogens (tertiary/aromatic N) is 2. The van der Waals surface area contributed by atoms with Crippen molar-refractivity contribution in [3.63, 3.8) is 0 Å². The molecule has 0 radical (unpaired) electrons. The average molecular weight is 435 g/mol. The summed E-state index contributed by atoms with van der Waals surface area (Å²) in [6.45, 7) is 2.51. The van der Waals surface area contributed by atoms with E-state index in [1.165, 1.54) is 44.4 Å². The van der Waals surface area contributed by atoms with Gasteiger partial charge in [0, 0.05) is 11.8 Å². The van der Waals surface area contributed by atoms with Crippen molar-refractivity contribution in [2.45, 2.75) is 13.8 Å². The van der Waals surface area contributed by atoms with E-state index in [9.17, 15) is 28.1 Å². The number of nitro groups is 1. The highest BCUT2D eigenvalue weighted by Gasteiger charge is 2.26. The van der Waals surface area contributed by atoms with Gasteiger partial charge in [-0.15, -0.1) is 0 Å². The third-order valence-electron chi connectivity index (χ3n) is 4.36. The number of benzene rings is 2. The van der Waals surface area contributed by atoms with Crippen LogP contribution in [0.4, 0.5) is 17.1 Å². The summed E-state index contributed by atoms with van der Waals surface area (Å²) >= 11 is 0. The molecule has 1 amide bonds. The van der Waals surface area contributed by atoms with Gasteiger partial charge in [-0.1, -0.05) is 12.1 Å². The van der Waals surface area contributed by atoms with Crippen molar-refractivity contribution >= 4 is 39.0 Å². The van der Waals surface area contributed by atoms with Crippen molar-refractivity contribution < 1.29 is 27.7 Å². The zero-order valence-electron chi connectivity index (χ0n) is 16.8. The molecule has 0 bridgehead atoms. The summed E-state index contributed by atoms with van der Waals surface area (Å²) in [6, 6.07) is 8.55. The Bertz CT molecular complexity index is 1110. The Hall–Kier alpha value is -3.47. The second kappa shape index (κ2) is 8.91. The first-order valence-corrected chi connectivity index (χ1v) is 10.5. The number of hydrogen-bond donors (Lipinski definition) is 1. The lowest BCUT2D eigenvalue weighted by atomic mass is 10.1. The number of anilines is 2. The van der Waals surface area contributed by atoms with Gasteiger partial charge in [0.25, 0.3) is 5.69 Å². The Morgan fingerprint density at radius 3 is 2.43 bits per heavy atom. The molecule has 2 aromatic rings. The van der Waals surface area contributed by atoms with Crippen molar-refractivity contribution in [2.24, 2.45) is 0 Å². The Kier molecular flexibility index (Phi) is 6.77. The monoisotopic (exact) mass is 435 g/mol. The number of carbonyl (C=O) groups excluding carboxylic acids is 2. The predicted molar refractivity (Wildman–Crippen MR) is 111 cm³/mol. The van der Waals surface area contributed by atoms with Crippen LogP contribution >= 0.6 is 0 Å². The molecule has 0 atom stereocenters. The van der Waals surface area contributed by atoms with Crippen molar-refractivity contribution in [1.82, 2.24) is 0 Å². The lowest BCUT2D eigenvalue weighted by Gasteiger charge is -2.23. The number of methoxy groups -OCH3 is 1. The van der Waals surface area contributed by atoms with Gasteiger partial charge in [0.1, 0.15) is 6.54 Å².